The Hall–Kier alpha value is -1.65. The maximum atomic E-state index is 12.5. The first-order valence-corrected chi connectivity index (χ1v) is 3.84. The Labute approximate surface area is 80.7 Å². The Balaban J connectivity index is 4.19. The molecule has 0 aliphatic carbocycles. The highest BCUT2D eigenvalue weighted by Gasteiger charge is 2.03. The van der Waals surface area contributed by atoms with Crippen molar-refractivity contribution in [3.8, 4) is 0 Å². The van der Waals surface area contributed by atoms with Gasteiger partial charge in [0.05, 0.1) is 0 Å². The predicted octanol–water partition coefficient (Wildman–Crippen LogP) is 1.43. The van der Waals surface area contributed by atoms with E-state index >= 15 is 0 Å². The van der Waals surface area contributed by atoms with E-state index in [1.54, 1.807) is 0 Å². The van der Waals surface area contributed by atoms with Gasteiger partial charge in [-0.05, 0) is 24.6 Å². The number of halogens is 1. The summed E-state index contributed by atoms with van der Waals surface area (Å²) in [5.74, 6) is -3.32. The van der Waals surface area contributed by atoms with Crippen LogP contribution in [0.2, 0.25) is 0 Å². The zero-order valence-electron chi connectivity index (χ0n) is 7.91. The standard InChI is InChI=1S/C9H11FO4/c1-6(3-4-14-7(2)11)5-8(10)9(12)13/h3,5H,4H2,1-2H3,(H,12,13)/b6-3+,8-5-. The molecule has 0 amide bonds. The number of rotatable bonds is 4. The fourth-order valence-electron chi connectivity index (χ4n) is 0.611. The van der Waals surface area contributed by atoms with E-state index in [0.29, 0.717) is 5.57 Å². The summed E-state index contributed by atoms with van der Waals surface area (Å²) < 4.78 is 17.0. The molecule has 0 rings (SSSR count). The SMILES string of the molecule is CC(=O)OC/C=C(C)/C=C(\F)C(=O)O. The third kappa shape index (κ3) is 5.93. The molecular weight excluding hydrogens is 191 g/mol. The van der Waals surface area contributed by atoms with E-state index in [0.717, 1.165) is 6.08 Å². The minimum Gasteiger partial charge on any atom is -0.476 e. The smallest absolute Gasteiger partial charge is 0.364 e. The molecule has 0 heterocycles. The van der Waals surface area contributed by atoms with Crippen molar-refractivity contribution in [1.82, 2.24) is 0 Å². The lowest BCUT2D eigenvalue weighted by atomic mass is 10.2. The van der Waals surface area contributed by atoms with Crippen molar-refractivity contribution in [2.45, 2.75) is 13.8 Å². The summed E-state index contributed by atoms with van der Waals surface area (Å²) in [5.41, 5.74) is 0.381. The number of allylic oxidation sites excluding steroid dienone is 2. The maximum absolute atomic E-state index is 12.5. The van der Waals surface area contributed by atoms with E-state index in [9.17, 15) is 14.0 Å². The lowest BCUT2D eigenvalue weighted by Gasteiger charge is -1.96. The molecule has 0 aromatic heterocycles. The van der Waals surface area contributed by atoms with E-state index in [2.05, 4.69) is 4.74 Å². The summed E-state index contributed by atoms with van der Waals surface area (Å²) >= 11 is 0. The average Bonchev–Trinajstić information content (AvgIpc) is 2.02. The first kappa shape index (κ1) is 12.3. The molecule has 14 heavy (non-hydrogen) atoms. The zero-order valence-corrected chi connectivity index (χ0v) is 7.91. The van der Waals surface area contributed by atoms with Gasteiger partial charge < -0.3 is 9.84 Å². The number of esters is 1. The van der Waals surface area contributed by atoms with Gasteiger partial charge in [-0.15, -0.1) is 0 Å². The summed E-state index contributed by atoms with van der Waals surface area (Å²) in [5, 5.41) is 8.19. The van der Waals surface area contributed by atoms with Crippen LogP contribution in [0.3, 0.4) is 0 Å². The molecule has 1 N–H and O–H groups in total. The molecule has 0 spiro atoms. The molecule has 4 nitrogen and oxygen atoms in total. The molecule has 5 heteroatoms. The topological polar surface area (TPSA) is 63.6 Å². The van der Waals surface area contributed by atoms with Crippen LogP contribution < -0.4 is 0 Å². The molecular formula is C9H11FO4. The number of carboxylic acid groups (broad SMARTS) is 1. The lowest BCUT2D eigenvalue weighted by Crippen LogP contribution is -1.98. The highest BCUT2D eigenvalue weighted by atomic mass is 19.1. The number of aliphatic carboxylic acids is 1. The van der Waals surface area contributed by atoms with Gasteiger partial charge in [0.1, 0.15) is 6.61 Å². The summed E-state index contributed by atoms with van der Waals surface area (Å²) in [7, 11) is 0. The van der Waals surface area contributed by atoms with Gasteiger partial charge in [0.2, 0.25) is 5.83 Å². The minimum absolute atomic E-state index is 0.00453. The number of carboxylic acids is 1. The van der Waals surface area contributed by atoms with E-state index in [-0.39, 0.29) is 6.61 Å². The maximum Gasteiger partial charge on any atom is 0.364 e. The Kier molecular flexibility index (Phi) is 5.21. The number of hydrogen-bond acceptors (Lipinski definition) is 3. The van der Waals surface area contributed by atoms with Crippen LogP contribution in [-0.4, -0.2) is 23.7 Å². The van der Waals surface area contributed by atoms with Crippen LogP contribution in [0.1, 0.15) is 13.8 Å². The van der Waals surface area contributed by atoms with Crippen LogP contribution in [0.5, 0.6) is 0 Å². The summed E-state index contributed by atoms with van der Waals surface area (Å²) in [6, 6.07) is 0. The Bertz CT molecular complexity index is 291. The van der Waals surface area contributed by atoms with Gasteiger partial charge >= 0.3 is 11.9 Å². The zero-order chi connectivity index (χ0) is 11.1. The number of ether oxygens (including phenoxy) is 1. The fraction of sp³-hybridized carbons (Fsp3) is 0.333. The molecule has 0 aromatic rings. The van der Waals surface area contributed by atoms with E-state index in [4.69, 9.17) is 5.11 Å². The largest absolute Gasteiger partial charge is 0.476 e. The highest BCUT2D eigenvalue weighted by Crippen LogP contribution is 2.03. The molecule has 0 aromatic carbocycles. The monoisotopic (exact) mass is 202 g/mol. The normalized spacial score (nSPS) is 12.5. The third-order valence-electron chi connectivity index (χ3n) is 1.25. The van der Waals surface area contributed by atoms with E-state index in [1.807, 2.05) is 0 Å². The van der Waals surface area contributed by atoms with Crippen LogP contribution in [0.25, 0.3) is 0 Å². The summed E-state index contributed by atoms with van der Waals surface area (Å²) in [4.78, 5) is 20.4. The quantitative estimate of drug-likeness (QED) is 0.425. The number of hydrogen-bond donors (Lipinski definition) is 1. The van der Waals surface area contributed by atoms with Crippen molar-refractivity contribution in [2.75, 3.05) is 6.61 Å². The molecule has 0 fully saturated rings. The lowest BCUT2D eigenvalue weighted by molar-refractivity contribution is -0.139. The minimum atomic E-state index is -1.62. The molecule has 0 radical (unpaired) electrons. The first-order chi connectivity index (χ1) is 6.43. The molecule has 0 aliphatic rings. The van der Waals surface area contributed by atoms with Gasteiger partial charge in [0.15, 0.2) is 0 Å². The highest BCUT2D eigenvalue weighted by molar-refractivity contribution is 5.84. The van der Waals surface area contributed by atoms with Gasteiger partial charge in [0, 0.05) is 6.92 Å². The van der Waals surface area contributed by atoms with Gasteiger partial charge in [-0.2, -0.15) is 4.39 Å². The van der Waals surface area contributed by atoms with Crippen molar-refractivity contribution in [3.63, 3.8) is 0 Å². The molecule has 0 unspecified atom stereocenters. The van der Waals surface area contributed by atoms with Crippen LogP contribution >= 0.6 is 0 Å². The Morgan fingerprint density at radius 3 is 2.43 bits per heavy atom. The predicted molar refractivity (Wildman–Crippen MR) is 47.2 cm³/mol. The third-order valence-corrected chi connectivity index (χ3v) is 1.25. The Morgan fingerprint density at radius 2 is 2.00 bits per heavy atom. The van der Waals surface area contributed by atoms with E-state index in [1.165, 1.54) is 19.9 Å². The van der Waals surface area contributed by atoms with Crippen molar-refractivity contribution in [1.29, 1.82) is 0 Å². The molecule has 78 valence electrons. The van der Waals surface area contributed by atoms with Crippen LogP contribution in [0.15, 0.2) is 23.6 Å². The Morgan fingerprint density at radius 1 is 1.43 bits per heavy atom. The van der Waals surface area contributed by atoms with Gasteiger partial charge in [-0.25, -0.2) is 4.79 Å². The number of carbonyl (C=O) groups excluding carboxylic acids is 1. The molecule has 0 bridgehead atoms. The average molecular weight is 202 g/mol. The molecule has 0 atom stereocenters. The molecule has 0 saturated heterocycles. The summed E-state index contributed by atoms with van der Waals surface area (Å²) in [6.07, 6.45) is 2.26. The van der Waals surface area contributed by atoms with Crippen LogP contribution in [0, 0.1) is 0 Å². The van der Waals surface area contributed by atoms with Gasteiger partial charge in [-0.1, -0.05) is 0 Å². The van der Waals surface area contributed by atoms with Crippen molar-refractivity contribution < 1.29 is 23.8 Å². The van der Waals surface area contributed by atoms with Crippen LogP contribution in [-0.2, 0) is 14.3 Å². The van der Waals surface area contributed by atoms with Crippen molar-refractivity contribution >= 4 is 11.9 Å². The second-order valence-electron chi connectivity index (χ2n) is 2.55. The van der Waals surface area contributed by atoms with E-state index < -0.39 is 17.8 Å². The van der Waals surface area contributed by atoms with Crippen molar-refractivity contribution in [3.05, 3.63) is 23.6 Å². The van der Waals surface area contributed by atoms with Crippen LogP contribution in [0.4, 0.5) is 4.39 Å². The summed E-state index contributed by atoms with van der Waals surface area (Å²) in [6.45, 7) is 2.76. The first-order valence-electron chi connectivity index (χ1n) is 3.84. The second kappa shape index (κ2) is 5.90. The number of carbonyl (C=O) groups is 2. The molecule has 0 aliphatic heterocycles. The second-order valence-corrected chi connectivity index (χ2v) is 2.55. The van der Waals surface area contributed by atoms with Gasteiger partial charge in [-0.3, -0.25) is 4.79 Å². The fourth-order valence-corrected chi connectivity index (χ4v) is 0.611. The molecule has 0 saturated carbocycles. The van der Waals surface area contributed by atoms with Gasteiger partial charge in [0.25, 0.3) is 0 Å². The van der Waals surface area contributed by atoms with Crippen molar-refractivity contribution in [2.24, 2.45) is 0 Å².